The topological polar surface area (TPSA) is 49.4 Å². The smallest absolute Gasteiger partial charge is 0.246 e. The Balaban J connectivity index is 2.28. The molecule has 0 bridgehead atoms. The maximum Gasteiger partial charge on any atom is 0.246 e. The molecular weight excluding hydrogens is 240 g/mol. The van der Waals surface area contributed by atoms with E-state index < -0.39 is 6.04 Å². The average Bonchev–Trinajstić information content (AvgIpc) is 3.12. The van der Waals surface area contributed by atoms with Gasteiger partial charge in [-0.25, -0.2) is 0 Å². The highest BCUT2D eigenvalue weighted by atomic mass is 16.2. The molecule has 1 saturated heterocycles. The van der Waals surface area contributed by atoms with Crippen molar-refractivity contribution in [1.29, 1.82) is 0 Å². The van der Waals surface area contributed by atoms with Crippen LogP contribution in [0.1, 0.15) is 53.9 Å². The number of carbonyl (C=O) groups is 2. The quantitative estimate of drug-likeness (QED) is 0.848. The average molecular weight is 266 g/mol. The van der Waals surface area contributed by atoms with Crippen LogP contribution in [0.5, 0.6) is 0 Å². The molecule has 2 aliphatic rings. The lowest BCUT2D eigenvalue weighted by Gasteiger charge is -2.45. The Morgan fingerprint density at radius 3 is 2.32 bits per heavy atom. The van der Waals surface area contributed by atoms with E-state index in [4.69, 9.17) is 0 Å². The van der Waals surface area contributed by atoms with Crippen LogP contribution >= 0.6 is 0 Å². The standard InChI is InChI=1S/C15H26N2O2/c1-6-11-13(18)16-12(15(3,4)5)14(19)17(11)9(2)10-7-8-10/h9-12H,6-8H2,1-5H3,(H,16,18). The Hall–Kier alpha value is -1.06. The number of nitrogens with zero attached hydrogens (tertiary/aromatic N) is 1. The van der Waals surface area contributed by atoms with Crippen LogP contribution < -0.4 is 5.32 Å². The Bertz CT molecular complexity index is 382. The molecule has 0 aromatic carbocycles. The maximum absolute atomic E-state index is 12.8. The fourth-order valence-corrected chi connectivity index (χ4v) is 2.99. The largest absolute Gasteiger partial charge is 0.342 e. The molecule has 108 valence electrons. The van der Waals surface area contributed by atoms with E-state index in [-0.39, 0.29) is 29.3 Å². The number of carbonyl (C=O) groups excluding carboxylic acids is 2. The van der Waals surface area contributed by atoms with E-state index >= 15 is 0 Å². The van der Waals surface area contributed by atoms with Crippen LogP contribution in [0.15, 0.2) is 0 Å². The summed E-state index contributed by atoms with van der Waals surface area (Å²) >= 11 is 0. The van der Waals surface area contributed by atoms with Crippen LogP contribution in [-0.4, -0.2) is 34.8 Å². The van der Waals surface area contributed by atoms with E-state index in [2.05, 4.69) is 12.2 Å². The molecule has 1 heterocycles. The van der Waals surface area contributed by atoms with Crippen LogP contribution in [0.2, 0.25) is 0 Å². The van der Waals surface area contributed by atoms with Gasteiger partial charge in [-0.2, -0.15) is 0 Å². The highest BCUT2D eigenvalue weighted by molar-refractivity contribution is 5.97. The molecule has 2 fully saturated rings. The van der Waals surface area contributed by atoms with E-state index in [1.807, 2.05) is 32.6 Å². The van der Waals surface area contributed by atoms with Crippen molar-refractivity contribution in [1.82, 2.24) is 10.2 Å². The molecule has 4 heteroatoms. The molecule has 4 nitrogen and oxygen atoms in total. The summed E-state index contributed by atoms with van der Waals surface area (Å²) in [6, 6.07) is -0.501. The monoisotopic (exact) mass is 266 g/mol. The molecule has 0 aromatic heterocycles. The molecule has 0 spiro atoms. The first-order valence-electron chi connectivity index (χ1n) is 7.40. The summed E-state index contributed by atoms with van der Waals surface area (Å²) in [6.07, 6.45) is 3.05. The third kappa shape index (κ3) is 2.63. The van der Waals surface area contributed by atoms with E-state index in [0.29, 0.717) is 12.3 Å². The molecular formula is C15H26N2O2. The molecule has 3 atom stereocenters. The lowest BCUT2D eigenvalue weighted by molar-refractivity contribution is -0.155. The predicted molar refractivity (Wildman–Crippen MR) is 74.5 cm³/mol. The molecule has 0 radical (unpaired) electrons. The van der Waals surface area contributed by atoms with Crippen LogP contribution in [0.4, 0.5) is 0 Å². The number of rotatable bonds is 3. The van der Waals surface area contributed by atoms with Crippen molar-refractivity contribution >= 4 is 11.8 Å². The highest BCUT2D eigenvalue weighted by Crippen LogP contribution is 2.38. The minimum atomic E-state index is -0.399. The summed E-state index contributed by atoms with van der Waals surface area (Å²) in [5, 5.41) is 2.92. The lowest BCUT2D eigenvalue weighted by atomic mass is 9.83. The zero-order valence-corrected chi connectivity index (χ0v) is 12.7. The van der Waals surface area contributed by atoms with Crippen LogP contribution in [0, 0.1) is 11.3 Å². The number of hydrogen-bond acceptors (Lipinski definition) is 2. The molecule has 1 aliphatic carbocycles. The number of hydrogen-bond donors (Lipinski definition) is 1. The summed E-state index contributed by atoms with van der Waals surface area (Å²) < 4.78 is 0. The Morgan fingerprint density at radius 2 is 1.89 bits per heavy atom. The van der Waals surface area contributed by atoms with Gasteiger partial charge in [0, 0.05) is 6.04 Å². The van der Waals surface area contributed by atoms with Crippen LogP contribution in [-0.2, 0) is 9.59 Å². The van der Waals surface area contributed by atoms with Crippen molar-refractivity contribution < 1.29 is 9.59 Å². The first-order valence-corrected chi connectivity index (χ1v) is 7.40. The van der Waals surface area contributed by atoms with Gasteiger partial charge in [0.2, 0.25) is 11.8 Å². The molecule has 0 aromatic rings. The van der Waals surface area contributed by atoms with Crippen molar-refractivity contribution in [3.8, 4) is 0 Å². The molecule has 1 N–H and O–H groups in total. The third-order valence-corrected chi connectivity index (χ3v) is 4.42. The van der Waals surface area contributed by atoms with Gasteiger partial charge in [0.15, 0.2) is 0 Å². The van der Waals surface area contributed by atoms with Crippen molar-refractivity contribution in [2.24, 2.45) is 11.3 Å². The normalized spacial score (nSPS) is 30.3. The van der Waals surface area contributed by atoms with Crippen molar-refractivity contribution in [2.45, 2.75) is 72.0 Å². The van der Waals surface area contributed by atoms with Gasteiger partial charge >= 0.3 is 0 Å². The van der Waals surface area contributed by atoms with Crippen LogP contribution in [0.3, 0.4) is 0 Å². The SMILES string of the molecule is CCC1C(=O)NC(C(C)(C)C)C(=O)N1C(C)C1CC1. The van der Waals surface area contributed by atoms with Gasteiger partial charge in [-0.15, -0.1) is 0 Å². The molecule has 1 aliphatic heterocycles. The number of nitrogens with one attached hydrogen (secondary N) is 1. The Labute approximate surface area is 115 Å². The van der Waals surface area contributed by atoms with Crippen molar-refractivity contribution in [3.63, 3.8) is 0 Å². The summed E-state index contributed by atoms with van der Waals surface area (Å²) in [5.74, 6) is 0.692. The van der Waals surface area contributed by atoms with Gasteiger partial charge in [-0.3, -0.25) is 9.59 Å². The molecule has 2 rings (SSSR count). The lowest BCUT2D eigenvalue weighted by Crippen LogP contribution is -2.68. The molecule has 3 unspecified atom stereocenters. The number of amides is 2. The fraction of sp³-hybridized carbons (Fsp3) is 0.867. The Kier molecular flexibility index (Phi) is 3.63. The molecule has 1 saturated carbocycles. The first-order chi connectivity index (χ1) is 8.77. The van der Waals surface area contributed by atoms with E-state index in [9.17, 15) is 9.59 Å². The van der Waals surface area contributed by atoms with Gasteiger partial charge in [-0.1, -0.05) is 27.7 Å². The second-order valence-corrected chi connectivity index (χ2v) is 7.06. The van der Waals surface area contributed by atoms with Crippen LogP contribution in [0.25, 0.3) is 0 Å². The third-order valence-electron chi connectivity index (χ3n) is 4.42. The zero-order chi connectivity index (χ0) is 14.4. The molecule has 19 heavy (non-hydrogen) atoms. The Morgan fingerprint density at radius 1 is 1.32 bits per heavy atom. The molecule has 2 amide bonds. The first kappa shape index (κ1) is 14.4. The second kappa shape index (κ2) is 4.80. The summed E-state index contributed by atoms with van der Waals surface area (Å²) in [4.78, 5) is 26.9. The highest BCUT2D eigenvalue weighted by Gasteiger charge is 2.48. The van der Waals surface area contributed by atoms with Gasteiger partial charge < -0.3 is 10.2 Å². The second-order valence-electron chi connectivity index (χ2n) is 7.06. The summed E-state index contributed by atoms with van der Waals surface area (Å²) in [6.45, 7) is 10.1. The summed E-state index contributed by atoms with van der Waals surface area (Å²) in [7, 11) is 0. The van der Waals surface area contributed by atoms with E-state index in [0.717, 1.165) is 0 Å². The van der Waals surface area contributed by atoms with Gasteiger partial charge in [0.05, 0.1) is 0 Å². The minimum Gasteiger partial charge on any atom is -0.342 e. The van der Waals surface area contributed by atoms with Gasteiger partial charge in [0.25, 0.3) is 0 Å². The summed E-state index contributed by atoms with van der Waals surface area (Å²) in [5.41, 5.74) is -0.243. The van der Waals surface area contributed by atoms with E-state index in [1.165, 1.54) is 12.8 Å². The van der Waals surface area contributed by atoms with Gasteiger partial charge in [0.1, 0.15) is 12.1 Å². The van der Waals surface area contributed by atoms with Gasteiger partial charge in [-0.05, 0) is 37.5 Å². The van der Waals surface area contributed by atoms with E-state index in [1.54, 1.807) is 0 Å². The minimum absolute atomic E-state index is 0.00882. The van der Waals surface area contributed by atoms with Crippen molar-refractivity contribution in [2.75, 3.05) is 0 Å². The zero-order valence-electron chi connectivity index (χ0n) is 12.7. The number of piperazine rings is 1. The van der Waals surface area contributed by atoms with Crippen molar-refractivity contribution in [3.05, 3.63) is 0 Å². The maximum atomic E-state index is 12.8. The fourth-order valence-electron chi connectivity index (χ4n) is 2.99. The predicted octanol–water partition coefficient (Wildman–Crippen LogP) is 1.94.